The van der Waals surface area contributed by atoms with Gasteiger partial charge in [0.1, 0.15) is 0 Å². The summed E-state index contributed by atoms with van der Waals surface area (Å²) in [6, 6.07) is 4.28. The molecule has 1 fully saturated rings. The predicted octanol–water partition coefficient (Wildman–Crippen LogP) is 2.62. The summed E-state index contributed by atoms with van der Waals surface area (Å²) in [5.41, 5.74) is 0.829. The van der Waals surface area contributed by atoms with E-state index < -0.39 is 11.6 Å². The topological polar surface area (TPSA) is 24.1 Å². The number of hydrogen-bond acceptors (Lipinski definition) is 2. The zero-order chi connectivity index (χ0) is 13.0. The van der Waals surface area contributed by atoms with Crippen molar-refractivity contribution in [3.05, 3.63) is 35.4 Å². The molecule has 1 aromatic rings. The lowest BCUT2D eigenvalue weighted by atomic mass is 9.88. The smallest absolute Gasteiger partial charge is 0.159 e. The van der Waals surface area contributed by atoms with E-state index in [9.17, 15) is 8.78 Å². The third kappa shape index (κ3) is 3.27. The Morgan fingerprint density at radius 3 is 2.61 bits per heavy atom. The highest BCUT2D eigenvalue weighted by Crippen LogP contribution is 2.27. The molecular weight excluding hydrogens is 234 g/mol. The first kappa shape index (κ1) is 13.4. The fourth-order valence-corrected chi connectivity index (χ4v) is 2.60. The molecule has 0 aliphatic carbocycles. The van der Waals surface area contributed by atoms with Crippen molar-refractivity contribution in [2.24, 2.45) is 5.92 Å². The highest BCUT2D eigenvalue weighted by Gasteiger charge is 2.19. The van der Waals surface area contributed by atoms with Crippen LogP contribution in [0.5, 0.6) is 0 Å². The molecule has 18 heavy (non-hydrogen) atoms. The number of nitrogens with one attached hydrogen (secondary N) is 2. The Bertz CT molecular complexity index is 389. The molecule has 0 spiro atoms. The van der Waals surface area contributed by atoms with Gasteiger partial charge in [-0.3, -0.25) is 0 Å². The molecule has 1 aliphatic rings. The molecule has 2 N–H and O–H groups in total. The Labute approximate surface area is 107 Å². The second kappa shape index (κ2) is 6.25. The van der Waals surface area contributed by atoms with Crippen molar-refractivity contribution in [1.29, 1.82) is 0 Å². The fourth-order valence-electron chi connectivity index (χ4n) is 2.60. The van der Waals surface area contributed by atoms with Gasteiger partial charge in [-0.1, -0.05) is 6.07 Å². The molecule has 0 bridgehead atoms. The van der Waals surface area contributed by atoms with Gasteiger partial charge in [-0.15, -0.1) is 0 Å². The summed E-state index contributed by atoms with van der Waals surface area (Å²) >= 11 is 0. The number of benzene rings is 1. The van der Waals surface area contributed by atoms with Gasteiger partial charge < -0.3 is 10.6 Å². The van der Waals surface area contributed by atoms with Crippen LogP contribution in [-0.4, -0.2) is 20.1 Å². The second-order valence-electron chi connectivity index (χ2n) is 4.94. The summed E-state index contributed by atoms with van der Waals surface area (Å²) in [4.78, 5) is 0. The Morgan fingerprint density at radius 2 is 2.00 bits per heavy atom. The van der Waals surface area contributed by atoms with Crippen molar-refractivity contribution in [3.63, 3.8) is 0 Å². The third-order valence-electron chi connectivity index (χ3n) is 3.72. The lowest BCUT2D eigenvalue weighted by molar-refractivity contribution is 0.317. The van der Waals surface area contributed by atoms with Crippen LogP contribution in [0.3, 0.4) is 0 Å². The summed E-state index contributed by atoms with van der Waals surface area (Å²) in [7, 11) is 1.87. The quantitative estimate of drug-likeness (QED) is 0.863. The lowest BCUT2D eigenvalue weighted by Crippen LogP contribution is -2.30. The molecule has 2 rings (SSSR count). The highest BCUT2D eigenvalue weighted by molar-refractivity contribution is 5.21. The standard InChI is InChI=1S/C14H20F2N2/c1-17-14(8-10-4-6-18-7-5-10)11-2-3-12(15)13(16)9-11/h2-3,9-10,14,17-18H,4-8H2,1H3. The average molecular weight is 254 g/mol. The predicted molar refractivity (Wildman–Crippen MR) is 68.4 cm³/mol. The molecule has 1 heterocycles. The van der Waals surface area contributed by atoms with Gasteiger partial charge in [0.05, 0.1) is 0 Å². The van der Waals surface area contributed by atoms with Crippen LogP contribution < -0.4 is 10.6 Å². The Balaban J connectivity index is 2.04. The fraction of sp³-hybridized carbons (Fsp3) is 0.571. The monoisotopic (exact) mass is 254 g/mol. The van der Waals surface area contributed by atoms with Gasteiger partial charge in [0, 0.05) is 6.04 Å². The van der Waals surface area contributed by atoms with Crippen LogP contribution in [0.1, 0.15) is 30.9 Å². The van der Waals surface area contributed by atoms with Crippen LogP contribution in [0.4, 0.5) is 8.78 Å². The van der Waals surface area contributed by atoms with E-state index in [1.807, 2.05) is 7.05 Å². The SMILES string of the molecule is CNC(CC1CCNCC1)c1ccc(F)c(F)c1. The van der Waals surface area contributed by atoms with E-state index in [1.54, 1.807) is 6.07 Å². The van der Waals surface area contributed by atoms with Gasteiger partial charge in [-0.2, -0.15) is 0 Å². The second-order valence-corrected chi connectivity index (χ2v) is 4.94. The van der Waals surface area contributed by atoms with Gasteiger partial charge in [-0.25, -0.2) is 8.78 Å². The van der Waals surface area contributed by atoms with Gasteiger partial charge in [0.15, 0.2) is 11.6 Å². The van der Waals surface area contributed by atoms with Crippen molar-refractivity contribution in [1.82, 2.24) is 10.6 Å². The first-order chi connectivity index (χ1) is 8.70. The van der Waals surface area contributed by atoms with Crippen molar-refractivity contribution in [2.45, 2.75) is 25.3 Å². The zero-order valence-corrected chi connectivity index (χ0v) is 10.7. The zero-order valence-electron chi connectivity index (χ0n) is 10.7. The molecule has 0 aromatic heterocycles. The van der Waals surface area contributed by atoms with E-state index in [4.69, 9.17) is 0 Å². The number of rotatable bonds is 4. The van der Waals surface area contributed by atoms with Crippen LogP contribution in [0, 0.1) is 17.6 Å². The first-order valence-corrected chi connectivity index (χ1v) is 6.53. The highest BCUT2D eigenvalue weighted by atomic mass is 19.2. The summed E-state index contributed by atoms with van der Waals surface area (Å²) < 4.78 is 26.2. The van der Waals surface area contributed by atoms with E-state index >= 15 is 0 Å². The molecule has 2 nitrogen and oxygen atoms in total. The normalized spacial score (nSPS) is 18.8. The summed E-state index contributed by atoms with van der Waals surface area (Å²) in [6.07, 6.45) is 3.28. The van der Waals surface area contributed by atoms with Crippen LogP contribution in [0.15, 0.2) is 18.2 Å². The van der Waals surface area contributed by atoms with Crippen LogP contribution in [-0.2, 0) is 0 Å². The number of hydrogen-bond donors (Lipinski definition) is 2. The van der Waals surface area contributed by atoms with Crippen LogP contribution >= 0.6 is 0 Å². The van der Waals surface area contributed by atoms with E-state index in [0.29, 0.717) is 5.92 Å². The van der Waals surface area contributed by atoms with Gasteiger partial charge in [-0.05, 0) is 63.0 Å². The molecule has 1 atom stereocenters. The Hall–Kier alpha value is -1.00. The maximum atomic E-state index is 13.2. The molecule has 1 aromatic carbocycles. The Morgan fingerprint density at radius 1 is 1.28 bits per heavy atom. The van der Waals surface area contributed by atoms with E-state index in [1.165, 1.54) is 12.1 Å². The van der Waals surface area contributed by atoms with E-state index in [0.717, 1.165) is 37.9 Å². The molecule has 0 saturated carbocycles. The molecule has 1 aliphatic heterocycles. The largest absolute Gasteiger partial charge is 0.317 e. The van der Waals surface area contributed by atoms with Crippen molar-refractivity contribution in [3.8, 4) is 0 Å². The first-order valence-electron chi connectivity index (χ1n) is 6.53. The molecule has 1 unspecified atom stereocenters. The van der Waals surface area contributed by atoms with Gasteiger partial charge in [0.2, 0.25) is 0 Å². The summed E-state index contributed by atoms with van der Waals surface area (Å²) in [5, 5.41) is 6.54. The number of halogens is 2. The molecule has 1 saturated heterocycles. The number of piperidine rings is 1. The van der Waals surface area contributed by atoms with Crippen molar-refractivity contribution in [2.75, 3.05) is 20.1 Å². The molecule has 100 valence electrons. The van der Waals surface area contributed by atoms with E-state index in [-0.39, 0.29) is 6.04 Å². The minimum atomic E-state index is -0.782. The van der Waals surface area contributed by atoms with Crippen molar-refractivity contribution >= 4 is 0 Å². The summed E-state index contributed by atoms with van der Waals surface area (Å²) in [6.45, 7) is 2.11. The van der Waals surface area contributed by atoms with Gasteiger partial charge >= 0.3 is 0 Å². The molecule has 0 radical (unpaired) electrons. The molecular formula is C14H20F2N2. The van der Waals surface area contributed by atoms with E-state index in [2.05, 4.69) is 10.6 Å². The minimum Gasteiger partial charge on any atom is -0.317 e. The van der Waals surface area contributed by atoms with Crippen molar-refractivity contribution < 1.29 is 8.78 Å². The maximum Gasteiger partial charge on any atom is 0.159 e. The summed E-state index contributed by atoms with van der Waals surface area (Å²) in [5.74, 6) is -0.898. The van der Waals surface area contributed by atoms with Gasteiger partial charge in [0.25, 0.3) is 0 Å². The van der Waals surface area contributed by atoms with Crippen LogP contribution in [0.25, 0.3) is 0 Å². The Kier molecular flexibility index (Phi) is 4.66. The van der Waals surface area contributed by atoms with Crippen LogP contribution in [0.2, 0.25) is 0 Å². The maximum absolute atomic E-state index is 13.2. The lowest BCUT2D eigenvalue weighted by Gasteiger charge is -2.27. The molecule has 4 heteroatoms. The third-order valence-corrected chi connectivity index (χ3v) is 3.72. The minimum absolute atomic E-state index is 0.100. The molecule has 0 amide bonds. The average Bonchev–Trinajstić information content (AvgIpc) is 2.40.